The van der Waals surface area contributed by atoms with Gasteiger partial charge < -0.3 is 4.42 Å². The van der Waals surface area contributed by atoms with Gasteiger partial charge in [-0.3, -0.25) is 0 Å². The lowest BCUT2D eigenvalue weighted by molar-refractivity contribution is 0.612. The largest absolute Gasteiger partial charge is 0.464 e. The first-order valence-electron chi connectivity index (χ1n) is 4.15. The van der Waals surface area contributed by atoms with Crippen molar-refractivity contribution in [3.05, 3.63) is 35.6 Å². The quantitative estimate of drug-likeness (QED) is 0.661. The Balaban J connectivity index is 2.63. The number of aryl methyl sites for hydroxylation is 1. The zero-order valence-corrected chi connectivity index (χ0v) is 7.37. The van der Waals surface area contributed by atoms with Crippen LogP contribution in [0.3, 0.4) is 0 Å². The van der Waals surface area contributed by atoms with Gasteiger partial charge in [-0.25, -0.2) is 0 Å². The molecule has 0 aliphatic heterocycles. The van der Waals surface area contributed by atoms with E-state index in [-0.39, 0.29) is 0 Å². The lowest BCUT2D eigenvalue weighted by Gasteiger charge is -1.92. The summed E-state index contributed by atoms with van der Waals surface area (Å²) in [7, 11) is 0. The Morgan fingerprint density at radius 1 is 1.46 bits per heavy atom. The van der Waals surface area contributed by atoms with E-state index in [1.54, 1.807) is 6.26 Å². The molecule has 0 spiro atoms. The fraction of sp³-hybridized carbons (Fsp3) is 0.182. The smallest absolute Gasteiger partial charge is 0.134 e. The predicted molar refractivity (Wildman–Crippen MR) is 50.3 cm³/mol. The Kier molecular flexibility index (Phi) is 1.79. The van der Waals surface area contributed by atoms with E-state index in [1.807, 2.05) is 25.1 Å². The molecule has 1 aromatic carbocycles. The summed E-state index contributed by atoms with van der Waals surface area (Å²) in [5.41, 5.74) is 3.01. The third kappa shape index (κ3) is 1.29. The van der Waals surface area contributed by atoms with Crippen molar-refractivity contribution in [3.63, 3.8) is 0 Å². The number of furan rings is 1. The summed E-state index contributed by atoms with van der Waals surface area (Å²) in [4.78, 5) is 0. The number of benzene rings is 1. The fourth-order valence-electron chi connectivity index (χ4n) is 1.41. The van der Waals surface area contributed by atoms with Crippen LogP contribution in [-0.4, -0.2) is 0 Å². The van der Waals surface area contributed by atoms with Crippen LogP contribution >= 0.6 is 0 Å². The minimum Gasteiger partial charge on any atom is -0.464 e. The molecular formula is C11H9NO. The van der Waals surface area contributed by atoms with Crippen LogP contribution in [0.5, 0.6) is 0 Å². The van der Waals surface area contributed by atoms with Gasteiger partial charge in [-0.15, -0.1) is 0 Å². The molecule has 1 aromatic heterocycles. The molecule has 0 aliphatic rings. The molecule has 2 heteroatoms. The molecule has 0 saturated carbocycles. The van der Waals surface area contributed by atoms with Crippen LogP contribution in [0.2, 0.25) is 0 Å². The predicted octanol–water partition coefficient (Wildman–Crippen LogP) is 2.81. The average molecular weight is 171 g/mol. The molecule has 2 aromatic rings. The number of nitriles is 1. The van der Waals surface area contributed by atoms with E-state index in [0.29, 0.717) is 6.42 Å². The van der Waals surface area contributed by atoms with Crippen LogP contribution in [0.1, 0.15) is 11.1 Å². The number of hydrogen-bond acceptors (Lipinski definition) is 2. The van der Waals surface area contributed by atoms with Crippen LogP contribution in [0.4, 0.5) is 0 Å². The monoisotopic (exact) mass is 171 g/mol. The number of rotatable bonds is 1. The number of fused-ring (bicyclic) bond motifs is 1. The van der Waals surface area contributed by atoms with Crippen molar-refractivity contribution in [1.29, 1.82) is 5.26 Å². The Hall–Kier alpha value is -1.75. The van der Waals surface area contributed by atoms with Crippen molar-refractivity contribution < 1.29 is 4.42 Å². The lowest BCUT2D eigenvalue weighted by atomic mass is 10.1. The third-order valence-electron chi connectivity index (χ3n) is 2.08. The molecule has 0 atom stereocenters. The number of hydrogen-bond donors (Lipinski definition) is 0. The highest BCUT2D eigenvalue weighted by Gasteiger charge is 2.04. The van der Waals surface area contributed by atoms with E-state index in [1.165, 1.54) is 5.56 Å². The first-order chi connectivity index (χ1) is 6.31. The molecule has 0 radical (unpaired) electrons. The van der Waals surface area contributed by atoms with Crippen LogP contribution in [0.15, 0.2) is 28.9 Å². The second-order valence-electron chi connectivity index (χ2n) is 3.10. The van der Waals surface area contributed by atoms with Gasteiger partial charge in [0, 0.05) is 10.9 Å². The molecule has 0 aliphatic carbocycles. The van der Waals surface area contributed by atoms with Gasteiger partial charge in [-0.05, 0) is 18.6 Å². The summed E-state index contributed by atoms with van der Waals surface area (Å²) in [5, 5.41) is 9.61. The molecule has 64 valence electrons. The Labute approximate surface area is 76.4 Å². The van der Waals surface area contributed by atoms with Gasteiger partial charge in [0.1, 0.15) is 5.58 Å². The molecule has 2 rings (SSSR count). The maximum absolute atomic E-state index is 8.56. The lowest BCUT2D eigenvalue weighted by Crippen LogP contribution is -1.77. The minimum atomic E-state index is 0.413. The summed E-state index contributed by atoms with van der Waals surface area (Å²) in [6.07, 6.45) is 2.07. The molecule has 1 heterocycles. The molecular weight excluding hydrogens is 162 g/mol. The molecule has 0 bridgehead atoms. The van der Waals surface area contributed by atoms with Crippen molar-refractivity contribution in [2.24, 2.45) is 0 Å². The third-order valence-corrected chi connectivity index (χ3v) is 2.08. The average Bonchev–Trinajstić information content (AvgIpc) is 2.49. The minimum absolute atomic E-state index is 0.413. The first-order valence-corrected chi connectivity index (χ1v) is 4.15. The fourth-order valence-corrected chi connectivity index (χ4v) is 1.41. The van der Waals surface area contributed by atoms with E-state index >= 15 is 0 Å². The standard InChI is InChI=1S/C11H9NO/c1-8-2-3-10-9(4-5-12)7-13-11(10)6-8/h2-3,6-7H,4H2,1H3. The molecule has 0 amide bonds. The molecule has 2 nitrogen and oxygen atoms in total. The first kappa shape index (κ1) is 7.88. The maximum atomic E-state index is 8.56. The van der Waals surface area contributed by atoms with Crippen molar-refractivity contribution in [2.45, 2.75) is 13.3 Å². The van der Waals surface area contributed by atoms with Crippen LogP contribution in [-0.2, 0) is 6.42 Å². The van der Waals surface area contributed by atoms with E-state index < -0.39 is 0 Å². The Bertz CT molecular complexity index is 476. The van der Waals surface area contributed by atoms with Gasteiger partial charge >= 0.3 is 0 Å². The number of nitrogens with zero attached hydrogens (tertiary/aromatic N) is 1. The Morgan fingerprint density at radius 3 is 3.08 bits per heavy atom. The van der Waals surface area contributed by atoms with Gasteiger partial charge in [-0.2, -0.15) is 5.26 Å². The summed E-state index contributed by atoms with van der Waals surface area (Å²) in [6, 6.07) is 8.13. The molecule has 0 unspecified atom stereocenters. The molecule has 0 saturated heterocycles. The highest BCUT2D eigenvalue weighted by atomic mass is 16.3. The van der Waals surface area contributed by atoms with Crippen molar-refractivity contribution in [1.82, 2.24) is 0 Å². The SMILES string of the molecule is Cc1ccc2c(CC#N)coc2c1. The Morgan fingerprint density at radius 2 is 2.31 bits per heavy atom. The summed E-state index contributed by atoms with van der Waals surface area (Å²) >= 11 is 0. The second-order valence-corrected chi connectivity index (χ2v) is 3.10. The van der Waals surface area contributed by atoms with Crippen LogP contribution in [0, 0.1) is 18.3 Å². The second kappa shape index (κ2) is 2.95. The van der Waals surface area contributed by atoms with Crippen LogP contribution < -0.4 is 0 Å². The maximum Gasteiger partial charge on any atom is 0.134 e. The van der Waals surface area contributed by atoms with Gasteiger partial charge in [0.05, 0.1) is 18.8 Å². The topological polar surface area (TPSA) is 36.9 Å². The van der Waals surface area contributed by atoms with E-state index in [9.17, 15) is 0 Å². The van der Waals surface area contributed by atoms with E-state index in [4.69, 9.17) is 9.68 Å². The molecule has 0 N–H and O–H groups in total. The van der Waals surface area contributed by atoms with Gasteiger partial charge in [-0.1, -0.05) is 12.1 Å². The highest BCUT2D eigenvalue weighted by Crippen LogP contribution is 2.22. The van der Waals surface area contributed by atoms with Crippen LogP contribution in [0.25, 0.3) is 11.0 Å². The molecule has 0 fully saturated rings. The zero-order valence-electron chi connectivity index (χ0n) is 7.37. The summed E-state index contributed by atoms with van der Waals surface area (Å²) in [5.74, 6) is 0. The van der Waals surface area contributed by atoms with Gasteiger partial charge in [0.15, 0.2) is 0 Å². The molecule has 13 heavy (non-hydrogen) atoms. The highest BCUT2D eigenvalue weighted by molar-refractivity contribution is 5.81. The van der Waals surface area contributed by atoms with Crippen molar-refractivity contribution >= 4 is 11.0 Å². The van der Waals surface area contributed by atoms with Crippen molar-refractivity contribution in [3.8, 4) is 6.07 Å². The van der Waals surface area contributed by atoms with Gasteiger partial charge in [0.25, 0.3) is 0 Å². The van der Waals surface area contributed by atoms with Crippen molar-refractivity contribution in [2.75, 3.05) is 0 Å². The summed E-state index contributed by atoms with van der Waals surface area (Å²) < 4.78 is 5.33. The van der Waals surface area contributed by atoms with E-state index in [2.05, 4.69) is 6.07 Å². The zero-order chi connectivity index (χ0) is 9.26. The summed E-state index contributed by atoms with van der Waals surface area (Å²) in [6.45, 7) is 2.02. The van der Waals surface area contributed by atoms with Gasteiger partial charge in [0.2, 0.25) is 0 Å². The normalized spacial score (nSPS) is 10.2. The van der Waals surface area contributed by atoms with E-state index in [0.717, 1.165) is 16.5 Å².